The van der Waals surface area contributed by atoms with Gasteiger partial charge in [0.2, 0.25) is 5.78 Å². The van der Waals surface area contributed by atoms with Crippen molar-refractivity contribution >= 4 is 17.1 Å². The number of hydrogen-bond donors (Lipinski definition) is 0. The first kappa shape index (κ1) is 9.32. The third kappa shape index (κ3) is 2.37. The highest BCUT2D eigenvalue weighted by molar-refractivity contribution is 7.10. The lowest BCUT2D eigenvalue weighted by molar-refractivity contribution is -0.139. The number of carbonyl (C=O) groups excluding carboxylic acids is 1. The molecule has 1 nitrogen and oxygen atoms in total. The normalized spacial score (nSPS) is 11.6. The van der Waals surface area contributed by atoms with Gasteiger partial charge in [-0.1, -0.05) is 6.07 Å². The van der Waals surface area contributed by atoms with Crippen LogP contribution >= 0.6 is 11.3 Å². The molecule has 66 valence electrons. The van der Waals surface area contributed by atoms with E-state index in [-0.39, 0.29) is 6.42 Å². The Morgan fingerprint density at radius 1 is 1.67 bits per heavy atom. The van der Waals surface area contributed by atoms with Crippen LogP contribution in [0, 0.1) is 0 Å². The topological polar surface area (TPSA) is 17.1 Å². The van der Waals surface area contributed by atoms with Crippen molar-refractivity contribution in [2.45, 2.75) is 19.3 Å². The van der Waals surface area contributed by atoms with E-state index in [1.165, 1.54) is 11.3 Å². The second-order valence-electron chi connectivity index (χ2n) is 2.57. The molecule has 0 saturated heterocycles. The van der Waals surface area contributed by atoms with Crippen molar-refractivity contribution in [3.8, 4) is 0 Å². The van der Waals surface area contributed by atoms with E-state index in [1.807, 2.05) is 0 Å². The Hall–Kier alpha value is -0.770. The summed E-state index contributed by atoms with van der Waals surface area (Å²) >= 11 is 1.31. The first-order valence-electron chi connectivity index (χ1n) is 3.43. The smallest absolute Gasteiger partial charge is 0.293 e. The molecule has 0 atom stereocenters. The van der Waals surface area contributed by atoms with E-state index >= 15 is 0 Å². The third-order valence-corrected chi connectivity index (χ3v) is 2.28. The zero-order valence-corrected chi connectivity index (χ0v) is 7.33. The summed E-state index contributed by atoms with van der Waals surface area (Å²) in [4.78, 5) is 11.5. The number of thiophene rings is 1. The van der Waals surface area contributed by atoms with Crippen LogP contribution in [0.4, 0.5) is 8.78 Å². The molecule has 1 aromatic heterocycles. The Morgan fingerprint density at radius 2 is 2.33 bits per heavy atom. The molecule has 0 radical (unpaired) electrons. The van der Waals surface area contributed by atoms with Gasteiger partial charge in [-0.25, -0.2) is 0 Å². The fourth-order valence-corrected chi connectivity index (χ4v) is 1.43. The number of rotatable bonds is 3. The molecule has 0 aliphatic rings. The number of halogens is 2. The molecule has 1 aromatic rings. The minimum absolute atomic E-state index is 0.166. The van der Waals surface area contributed by atoms with Gasteiger partial charge in [0.25, 0.3) is 0 Å². The molecule has 0 bridgehead atoms. The molecule has 12 heavy (non-hydrogen) atoms. The molecular weight excluding hydrogens is 182 g/mol. The van der Waals surface area contributed by atoms with Crippen LogP contribution in [0.25, 0.3) is 0 Å². The molecule has 4 heteroatoms. The molecule has 1 rings (SSSR count). The number of carbonyl (C=O) groups is 1. The van der Waals surface area contributed by atoms with Crippen LogP contribution in [0.2, 0.25) is 0 Å². The summed E-state index contributed by atoms with van der Waals surface area (Å²) in [5.41, 5.74) is 0. The maximum absolute atomic E-state index is 12.4. The van der Waals surface area contributed by atoms with Gasteiger partial charge in [-0.2, -0.15) is 8.78 Å². The van der Waals surface area contributed by atoms with Crippen molar-refractivity contribution in [1.29, 1.82) is 0 Å². The summed E-state index contributed by atoms with van der Waals surface area (Å²) in [6.07, 6.45) is -0.166. The lowest BCUT2D eigenvalue weighted by Crippen LogP contribution is -2.25. The van der Waals surface area contributed by atoms with E-state index in [4.69, 9.17) is 0 Å². The van der Waals surface area contributed by atoms with E-state index in [0.717, 1.165) is 0 Å². The predicted molar refractivity (Wildman–Crippen MR) is 43.7 cm³/mol. The van der Waals surface area contributed by atoms with Crippen molar-refractivity contribution in [2.24, 2.45) is 0 Å². The van der Waals surface area contributed by atoms with E-state index in [1.54, 1.807) is 17.5 Å². The van der Waals surface area contributed by atoms with Crippen LogP contribution in [0.3, 0.4) is 0 Å². The van der Waals surface area contributed by atoms with Crippen LogP contribution in [-0.2, 0) is 11.2 Å². The number of alkyl halides is 2. The van der Waals surface area contributed by atoms with Gasteiger partial charge in [-0.15, -0.1) is 11.3 Å². The number of ketones is 1. The van der Waals surface area contributed by atoms with E-state index < -0.39 is 11.7 Å². The monoisotopic (exact) mass is 190 g/mol. The van der Waals surface area contributed by atoms with Gasteiger partial charge in [-0.05, 0) is 11.4 Å². The van der Waals surface area contributed by atoms with Gasteiger partial charge in [0.1, 0.15) is 0 Å². The summed E-state index contributed by atoms with van der Waals surface area (Å²) in [6.45, 7) is 0.628. The van der Waals surface area contributed by atoms with Gasteiger partial charge in [0, 0.05) is 18.2 Å². The average molecular weight is 190 g/mol. The van der Waals surface area contributed by atoms with Crippen molar-refractivity contribution in [2.75, 3.05) is 0 Å². The SMILES string of the molecule is CC(F)(F)C(=O)Cc1cccs1. The molecule has 0 spiro atoms. The van der Waals surface area contributed by atoms with Gasteiger partial charge in [0.05, 0.1) is 0 Å². The fraction of sp³-hybridized carbons (Fsp3) is 0.375. The first-order chi connectivity index (χ1) is 5.50. The predicted octanol–water partition coefficient (Wildman–Crippen LogP) is 2.51. The lowest BCUT2D eigenvalue weighted by Gasteiger charge is -2.06. The second kappa shape index (κ2) is 3.31. The van der Waals surface area contributed by atoms with Crippen LogP contribution in [0.5, 0.6) is 0 Å². The van der Waals surface area contributed by atoms with Crippen LogP contribution < -0.4 is 0 Å². The summed E-state index contributed by atoms with van der Waals surface area (Å²) in [6, 6.07) is 3.41. The highest BCUT2D eigenvalue weighted by atomic mass is 32.1. The lowest BCUT2D eigenvalue weighted by atomic mass is 10.1. The summed E-state index contributed by atoms with van der Waals surface area (Å²) in [7, 11) is 0. The van der Waals surface area contributed by atoms with E-state index in [2.05, 4.69) is 0 Å². The van der Waals surface area contributed by atoms with Crippen molar-refractivity contribution in [3.05, 3.63) is 22.4 Å². The van der Waals surface area contributed by atoms with Crippen molar-refractivity contribution in [1.82, 2.24) is 0 Å². The zero-order chi connectivity index (χ0) is 9.19. The molecule has 0 aromatic carbocycles. The number of Topliss-reactive ketones (excluding diaryl/α,β-unsaturated/α-hetero) is 1. The molecule has 0 aliphatic heterocycles. The van der Waals surface area contributed by atoms with Crippen LogP contribution in [0.15, 0.2) is 17.5 Å². The summed E-state index contributed by atoms with van der Waals surface area (Å²) < 4.78 is 24.7. The molecule has 0 amide bonds. The van der Waals surface area contributed by atoms with Gasteiger partial charge < -0.3 is 0 Å². The molecule has 1 heterocycles. The quantitative estimate of drug-likeness (QED) is 0.715. The van der Waals surface area contributed by atoms with Crippen LogP contribution in [0.1, 0.15) is 11.8 Å². The van der Waals surface area contributed by atoms with Gasteiger partial charge in [0.15, 0.2) is 0 Å². The Morgan fingerprint density at radius 3 is 2.75 bits per heavy atom. The van der Waals surface area contributed by atoms with E-state index in [0.29, 0.717) is 11.8 Å². The van der Waals surface area contributed by atoms with Gasteiger partial charge >= 0.3 is 5.92 Å². The van der Waals surface area contributed by atoms with Crippen molar-refractivity contribution < 1.29 is 13.6 Å². The van der Waals surface area contributed by atoms with Gasteiger partial charge in [-0.3, -0.25) is 4.79 Å². The van der Waals surface area contributed by atoms with Crippen molar-refractivity contribution in [3.63, 3.8) is 0 Å². The third-order valence-electron chi connectivity index (χ3n) is 1.40. The number of hydrogen-bond acceptors (Lipinski definition) is 2. The molecule has 0 aliphatic carbocycles. The zero-order valence-electron chi connectivity index (χ0n) is 6.51. The largest absolute Gasteiger partial charge is 0.302 e. The Bertz CT molecular complexity index is 261. The maximum atomic E-state index is 12.4. The standard InChI is InChI=1S/C8H8F2OS/c1-8(9,10)7(11)5-6-3-2-4-12-6/h2-4H,5H2,1H3. The van der Waals surface area contributed by atoms with E-state index in [9.17, 15) is 13.6 Å². The highest BCUT2D eigenvalue weighted by Gasteiger charge is 2.31. The fourth-order valence-electron chi connectivity index (χ4n) is 0.727. The molecular formula is C8H8F2OS. The average Bonchev–Trinajstić information content (AvgIpc) is 2.37. The summed E-state index contributed by atoms with van der Waals surface area (Å²) in [5.74, 6) is -4.23. The minimum Gasteiger partial charge on any atom is -0.293 e. The van der Waals surface area contributed by atoms with Crippen LogP contribution in [-0.4, -0.2) is 11.7 Å². The Balaban J connectivity index is 2.60. The molecule has 0 unspecified atom stereocenters. The second-order valence-corrected chi connectivity index (χ2v) is 3.60. The molecule has 0 fully saturated rings. The maximum Gasteiger partial charge on any atom is 0.302 e. The Labute approximate surface area is 73.0 Å². The summed E-state index contributed by atoms with van der Waals surface area (Å²) in [5, 5.41) is 1.76. The highest BCUT2D eigenvalue weighted by Crippen LogP contribution is 2.18. The first-order valence-corrected chi connectivity index (χ1v) is 4.31. The molecule has 0 N–H and O–H groups in total. The molecule has 0 saturated carbocycles. The minimum atomic E-state index is -3.20. The Kier molecular flexibility index (Phi) is 2.57.